The van der Waals surface area contributed by atoms with Gasteiger partial charge in [0.15, 0.2) is 5.78 Å². The monoisotopic (exact) mass is 419 g/mol. The first-order valence-corrected chi connectivity index (χ1v) is 11.3. The third kappa shape index (κ3) is 4.87. The topological polar surface area (TPSA) is 48.5 Å². The molecule has 1 aliphatic rings. The van der Waals surface area contributed by atoms with Crippen molar-refractivity contribution in [2.24, 2.45) is 5.10 Å². The average Bonchev–Trinajstić information content (AvgIpc) is 3.39. The highest BCUT2D eigenvalue weighted by Gasteiger charge is 2.32. The van der Waals surface area contributed by atoms with Crippen molar-refractivity contribution in [3.63, 3.8) is 0 Å². The van der Waals surface area contributed by atoms with E-state index in [0.29, 0.717) is 24.1 Å². The van der Waals surface area contributed by atoms with Crippen molar-refractivity contribution >= 4 is 22.4 Å². The summed E-state index contributed by atoms with van der Waals surface area (Å²) in [5, 5.41) is 7.80. The van der Waals surface area contributed by atoms with Crippen LogP contribution in [0.2, 0.25) is 0 Å². The van der Waals surface area contributed by atoms with Crippen molar-refractivity contribution in [3.05, 3.63) is 71.7 Å². The third-order valence-corrected chi connectivity index (χ3v) is 6.10. The summed E-state index contributed by atoms with van der Waals surface area (Å²) in [6.07, 6.45) is 7.81. The van der Waals surface area contributed by atoms with E-state index in [0.717, 1.165) is 44.2 Å². The average molecular weight is 420 g/mol. The van der Waals surface area contributed by atoms with Gasteiger partial charge in [-0.2, -0.15) is 5.10 Å². The molecule has 0 spiro atoms. The Bertz CT molecular complexity index is 1070. The number of nitrogens with zero attached hydrogens (tertiary/aromatic N) is 2. The number of Topliss-reactive ketones (excluding diaryl/α,β-unsaturated/α-hetero) is 1. The number of carbonyl (C=O) groups excluding carboxylic acids is 1. The number of benzene rings is 2. The Morgan fingerprint density at radius 3 is 2.77 bits per heavy atom. The summed E-state index contributed by atoms with van der Waals surface area (Å²) >= 11 is 0. The quantitative estimate of drug-likeness (QED) is 0.398. The number of hydrogen-bond acceptors (Lipinski definition) is 3. The zero-order valence-corrected chi connectivity index (χ0v) is 18.1. The minimum Gasteiger partial charge on any atom is -0.361 e. The maximum atomic E-state index is 14.5. The second-order valence-electron chi connectivity index (χ2n) is 8.29. The van der Waals surface area contributed by atoms with Gasteiger partial charge in [0.25, 0.3) is 0 Å². The molecule has 0 amide bonds. The van der Waals surface area contributed by atoms with Crippen LogP contribution in [0.3, 0.4) is 0 Å². The van der Waals surface area contributed by atoms with Crippen molar-refractivity contribution in [2.75, 3.05) is 6.54 Å². The second kappa shape index (κ2) is 9.90. The Kier molecular flexibility index (Phi) is 6.80. The van der Waals surface area contributed by atoms with Crippen LogP contribution in [0.5, 0.6) is 0 Å². The van der Waals surface area contributed by atoms with Gasteiger partial charge in [-0.3, -0.25) is 9.80 Å². The summed E-state index contributed by atoms with van der Waals surface area (Å²) < 4.78 is 14.5. The van der Waals surface area contributed by atoms with Gasteiger partial charge in [0.2, 0.25) is 0 Å². The highest BCUT2D eigenvalue weighted by molar-refractivity contribution is 6.40. The fraction of sp³-hybridized carbons (Fsp3) is 0.385. The molecule has 31 heavy (non-hydrogen) atoms. The predicted molar refractivity (Wildman–Crippen MR) is 124 cm³/mol. The van der Waals surface area contributed by atoms with Crippen LogP contribution in [-0.4, -0.2) is 28.0 Å². The molecule has 0 radical (unpaired) electrons. The normalized spacial score (nSPS) is 16.1. The molecule has 0 saturated carbocycles. The SMILES string of the molecule is CCCCCN1N=C(C(=O)CCCc2c[nH]c3ccccc23)CC1c1ccccc1F. The number of H-pyrrole nitrogens is 1. The largest absolute Gasteiger partial charge is 0.361 e. The Morgan fingerprint density at radius 2 is 1.94 bits per heavy atom. The van der Waals surface area contributed by atoms with Crippen LogP contribution in [0, 0.1) is 5.82 Å². The lowest BCUT2D eigenvalue weighted by molar-refractivity contribution is -0.113. The number of carbonyl (C=O) groups is 1. The van der Waals surface area contributed by atoms with Crippen LogP contribution in [0.25, 0.3) is 10.9 Å². The van der Waals surface area contributed by atoms with Crippen molar-refractivity contribution in [1.29, 1.82) is 0 Å². The van der Waals surface area contributed by atoms with Gasteiger partial charge in [-0.1, -0.05) is 56.2 Å². The molecule has 3 aromatic rings. The summed E-state index contributed by atoms with van der Waals surface area (Å²) in [7, 11) is 0. The number of ketones is 1. The maximum absolute atomic E-state index is 14.5. The number of hydrogen-bond donors (Lipinski definition) is 1. The lowest BCUT2D eigenvalue weighted by atomic mass is 9.97. The molecule has 1 aromatic heterocycles. The first-order chi connectivity index (χ1) is 15.2. The van der Waals surface area contributed by atoms with Gasteiger partial charge in [-0.05, 0) is 37.0 Å². The van der Waals surface area contributed by atoms with Gasteiger partial charge in [0.05, 0.1) is 6.04 Å². The number of hydrazone groups is 1. The fourth-order valence-electron chi connectivity index (χ4n) is 4.39. The second-order valence-corrected chi connectivity index (χ2v) is 8.29. The van der Waals surface area contributed by atoms with Crippen LogP contribution in [0.4, 0.5) is 4.39 Å². The number of rotatable bonds is 10. The van der Waals surface area contributed by atoms with E-state index in [2.05, 4.69) is 29.1 Å². The van der Waals surface area contributed by atoms with Gasteiger partial charge in [0.1, 0.15) is 11.5 Å². The van der Waals surface area contributed by atoms with Crippen LogP contribution >= 0.6 is 0 Å². The summed E-state index contributed by atoms with van der Waals surface area (Å²) in [5.74, 6) is -0.143. The van der Waals surface area contributed by atoms with Gasteiger partial charge >= 0.3 is 0 Å². The van der Waals surface area contributed by atoms with E-state index in [-0.39, 0.29) is 17.6 Å². The number of nitrogens with one attached hydrogen (secondary N) is 1. The molecule has 4 nitrogen and oxygen atoms in total. The summed E-state index contributed by atoms with van der Waals surface area (Å²) in [6.45, 7) is 2.91. The molecule has 1 aliphatic heterocycles. The molecule has 0 aliphatic carbocycles. The van der Waals surface area contributed by atoms with Gasteiger partial charge < -0.3 is 4.98 Å². The molecule has 4 rings (SSSR count). The molecular weight excluding hydrogens is 389 g/mol. The minimum atomic E-state index is -0.226. The molecule has 0 bridgehead atoms. The molecule has 0 saturated heterocycles. The standard InChI is InChI=1S/C26H30FN3O/c1-2-3-8-16-30-25(21-12-4-6-13-22(21)27)17-24(29-30)26(31)15-9-10-19-18-28-23-14-7-5-11-20(19)23/h4-7,11-14,18,25,28H,2-3,8-10,15-17H2,1H3. The molecule has 2 aromatic carbocycles. The third-order valence-electron chi connectivity index (χ3n) is 6.10. The first kappa shape index (κ1) is 21.3. The summed E-state index contributed by atoms with van der Waals surface area (Å²) in [6, 6.07) is 14.9. The number of aryl methyl sites for hydroxylation is 1. The van der Waals surface area contributed by atoms with Crippen LogP contribution < -0.4 is 0 Å². The number of aromatic amines is 1. The Morgan fingerprint density at radius 1 is 1.13 bits per heavy atom. The van der Waals surface area contributed by atoms with Crippen molar-refractivity contribution in [2.45, 2.75) is 57.9 Å². The van der Waals surface area contributed by atoms with Crippen molar-refractivity contribution < 1.29 is 9.18 Å². The highest BCUT2D eigenvalue weighted by atomic mass is 19.1. The first-order valence-electron chi connectivity index (χ1n) is 11.3. The van der Waals surface area contributed by atoms with E-state index in [4.69, 9.17) is 0 Å². The Balaban J connectivity index is 1.40. The number of halogens is 1. The van der Waals surface area contributed by atoms with Gasteiger partial charge in [-0.25, -0.2) is 4.39 Å². The minimum absolute atomic E-state index is 0.0826. The van der Waals surface area contributed by atoms with E-state index >= 15 is 0 Å². The van der Waals surface area contributed by atoms with E-state index in [1.165, 1.54) is 17.0 Å². The van der Waals surface area contributed by atoms with Crippen molar-refractivity contribution in [3.8, 4) is 0 Å². The summed E-state index contributed by atoms with van der Waals surface area (Å²) in [4.78, 5) is 16.2. The van der Waals surface area contributed by atoms with Crippen LogP contribution in [-0.2, 0) is 11.2 Å². The van der Waals surface area contributed by atoms with Gasteiger partial charge in [-0.15, -0.1) is 0 Å². The molecule has 1 N–H and O–H groups in total. The number of para-hydroxylation sites is 1. The molecule has 5 heteroatoms. The molecular formula is C26H30FN3O. The van der Waals surface area contributed by atoms with Crippen LogP contribution in [0.1, 0.15) is 62.6 Å². The number of aromatic nitrogens is 1. The Labute approximate surface area is 183 Å². The predicted octanol–water partition coefficient (Wildman–Crippen LogP) is 6.19. The zero-order valence-electron chi connectivity index (χ0n) is 18.1. The number of fused-ring (bicyclic) bond motifs is 1. The Hall–Kier alpha value is -2.95. The molecule has 0 fully saturated rings. The molecule has 2 heterocycles. The van der Waals surface area contributed by atoms with E-state index < -0.39 is 0 Å². The molecule has 1 atom stereocenters. The van der Waals surface area contributed by atoms with Crippen LogP contribution in [0.15, 0.2) is 59.8 Å². The highest BCUT2D eigenvalue weighted by Crippen LogP contribution is 2.33. The fourth-order valence-corrected chi connectivity index (χ4v) is 4.39. The maximum Gasteiger partial charge on any atom is 0.178 e. The van der Waals surface area contributed by atoms with Gasteiger partial charge in [0, 0.05) is 42.0 Å². The van der Waals surface area contributed by atoms with E-state index in [1.54, 1.807) is 6.07 Å². The molecule has 1 unspecified atom stereocenters. The lowest BCUT2D eigenvalue weighted by Crippen LogP contribution is -2.21. The number of unbranched alkanes of at least 4 members (excludes halogenated alkanes) is 2. The zero-order chi connectivity index (χ0) is 21.6. The summed E-state index contributed by atoms with van der Waals surface area (Å²) in [5.41, 5.74) is 3.58. The smallest absolute Gasteiger partial charge is 0.178 e. The van der Waals surface area contributed by atoms with E-state index in [9.17, 15) is 9.18 Å². The van der Waals surface area contributed by atoms with E-state index in [1.807, 2.05) is 35.5 Å². The lowest BCUT2D eigenvalue weighted by Gasteiger charge is -2.24. The van der Waals surface area contributed by atoms with Crippen molar-refractivity contribution in [1.82, 2.24) is 9.99 Å². The molecule has 162 valence electrons.